The van der Waals surface area contributed by atoms with Crippen LogP contribution in [0.5, 0.6) is 0 Å². The lowest BCUT2D eigenvalue weighted by Gasteiger charge is -2.24. The zero-order valence-electron chi connectivity index (χ0n) is 11.8. The minimum absolute atomic E-state index is 0.143. The molecule has 1 aromatic carbocycles. The highest BCUT2D eigenvalue weighted by molar-refractivity contribution is 6.06. The number of hydrogen-bond acceptors (Lipinski definition) is 3. The van der Waals surface area contributed by atoms with Crippen molar-refractivity contribution in [2.24, 2.45) is 5.92 Å². The van der Waals surface area contributed by atoms with Gasteiger partial charge in [-0.1, -0.05) is 25.1 Å². The summed E-state index contributed by atoms with van der Waals surface area (Å²) in [6.07, 6.45) is 3.34. The van der Waals surface area contributed by atoms with E-state index in [1.54, 1.807) is 11.8 Å². The van der Waals surface area contributed by atoms with Gasteiger partial charge in [-0.25, -0.2) is 0 Å². The molecule has 0 unspecified atom stereocenters. The van der Waals surface area contributed by atoms with Gasteiger partial charge in [-0.3, -0.25) is 9.59 Å². The van der Waals surface area contributed by atoms with E-state index in [9.17, 15) is 9.59 Å². The Bertz CT molecular complexity index is 686. The molecule has 1 aromatic heterocycles. The van der Waals surface area contributed by atoms with Crippen LogP contribution in [0.2, 0.25) is 0 Å². The van der Waals surface area contributed by atoms with Gasteiger partial charge < -0.3 is 14.4 Å². The lowest BCUT2D eigenvalue weighted by Crippen LogP contribution is -2.38. The second kappa shape index (κ2) is 5.24. The molecule has 1 N–H and O–H groups in total. The third kappa shape index (κ3) is 2.63. The molecule has 5 heteroatoms. The van der Waals surface area contributed by atoms with Gasteiger partial charge in [0.2, 0.25) is 0 Å². The van der Waals surface area contributed by atoms with Crippen LogP contribution in [0, 0.1) is 5.92 Å². The first-order chi connectivity index (χ1) is 10.1. The third-order valence-electron chi connectivity index (χ3n) is 3.85. The zero-order valence-corrected chi connectivity index (χ0v) is 11.8. The molecule has 0 saturated heterocycles. The van der Waals surface area contributed by atoms with Crippen LogP contribution in [-0.2, 0) is 4.79 Å². The Morgan fingerprint density at radius 2 is 2.10 bits per heavy atom. The fourth-order valence-corrected chi connectivity index (χ4v) is 2.46. The average molecular weight is 287 g/mol. The van der Waals surface area contributed by atoms with Crippen molar-refractivity contribution < 1.29 is 19.1 Å². The molecule has 1 fully saturated rings. The zero-order chi connectivity index (χ0) is 15.0. The Morgan fingerprint density at radius 3 is 2.76 bits per heavy atom. The van der Waals surface area contributed by atoms with E-state index >= 15 is 0 Å². The first-order valence-electron chi connectivity index (χ1n) is 7.08. The molecule has 1 aliphatic carbocycles. The largest absolute Gasteiger partial charge is 0.481 e. The van der Waals surface area contributed by atoms with E-state index in [1.807, 2.05) is 24.3 Å². The second-order valence-corrected chi connectivity index (χ2v) is 5.57. The number of rotatable bonds is 5. The van der Waals surface area contributed by atoms with Gasteiger partial charge in [-0.05, 0) is 18.9 Å². The van der Waals surface area contributed by atoms with Gasteiger partial charge in [-0.2, -0.15) is 0 Å². The fourth-order valence-electron chi connectivity index (χ4n) is 2.46. The van der Waals surface area contributed by atoms with E-state index in [0.29, 0.717) is 11.1 Å². The van der Waals surface area contributed by atoms with Crippen LogP contribution in [0.15, 0.2) is 34.9 Å². The number of hydrogen-bond donors (Lipinski definition) is 1. The van der Waals surface area contributed by atoms with Crippen molar-refractivity contribution in [3.05, 3.63) is 36.1 Å². The molecule has 0 aliphatic heterocycles. The Balaban J connectivity index is 1.89. The molecule has 1 amide bonds. The maximum absolute atomic E-state index is 12.7. The molecular formula is C16H17NO4. The molecule has 21 heavy (non-hydrogen) atoms. The van der Waals surface area contributed by atoms with Crippen LogP contribution in [0.3, 0.4) is 0 Å². The molecule has 1 saturated carbocycles. The monoisotopic (exact) mass is 287 g/mol. The number of furan rings is 1. The van der Waals surface area contributed by atoms with Crippen LogP contribution in [-0.4, -0.2) is 34.5 Å². The van der Waals surface area contributed by atoms with Crippen LogP contribution in [0.25, 0.3) is 11.0 Å². The van der Waals surface area contributed by atoms with Crippen molar-refractivity contribution in [1.82, 2.24) is 4.90 Å². The molecule has 5 nitrogen and oxygen atoms in total. The Labute approximate surface area is 122 Å². The number of amides is 1. The highest BCUT2D eigenvalue weighted by Gasteiger charge is 2.35. The van der Waals surface area contributed by atoms with E-state index in [0.717, 1.165) is 18.2 Å². The van der Waals surface area contributed by atoms with Crippen LogP contribution < -0.4 is 0 Å². The first kappa shape index (κ1) is 13.7. The van der Waals surface area contributed by atoms with Gasteiger partial charge in [0.25, 0.3) is 5.91 Å². The maximum Gasteiger partial charge on any atom is 0.308 e. The van der Waals surface area contributed by atoms with Crippen molar-refractivity contribution in [2.75, 3.05) is 6.54 Å². The van der Waals surface area contributed by atoms with Gasteiger partial charge in [0, 0.05) is 18.0 Å². The minimum Gasteiger partial charge on any atom is -0.481 e. The number of para-hydroxylation sites is 1. The molecule has 1 aliphatic rings. The van der Waals surface area contributed by atoms with E-state index in [1.165, 1.54) is 6.26 Å². The second-order valence-electron chi connectivity index (χ2n) is 5.57. The maximum atomic E-state index is 12.7. The summed E-state index contributed by atoms with van der Waals surface area (Å²) < 4.78 is 5.41. The number of carboxylic acids is 1. The van der Waals surface area contributed by atoms with Gasteiger partial charge in [0.15, 0.2) is 0 Å². The first-order valence-corrected chi connectivity index (χ1v) is 7.08. The predicted molar refractivity (Wildman–Crippen MR) is 77.1 cm³/mol. The SMILES string of the molecule is C[C@@H](CN(C(=O)c1coc2ccccc12)C1CC1)C(=O)O. The highest BCUT2D eigenvalue weighted by Crippen LogP contribution is 2.31. The summed E-state index contributed by atoms with van der Waals surface area (Å²) in [5, 5.41) is 9.83. The number of carboxylic acid groups (broad SMARTS) is 1. The van der Waals surface area contributed by atoms with E-state index < -0.39 is 11.9 Å². The van der Waals surface area contributed by atoms with Crippen molar-refractivity contribution in [1.29, 1.82) is 0 Å². The van der Waals surface area contributed by atoms with Crippen LogP contribution in [0.1, 0.15) is 30.1 Å². The number of benzene rings is 1. The van der Waals surface area contributed by atoms with Gasteiger partial charge in [0.05, 0.1) is 11.5 Å². The number of carbonyl (C=O) groups is 2. The number of carbonyl (C=O) groups excluding carboxylic acids is 1. The lowest BCUT2D eigenvalue weighted by atomic mass is 10.1. The molecule has 110 valence electrons. The normalized spacial score (nSPS) is 15.9. The molecule has 0 spiro atoms. The summed E-state index contributed by atoms with van der Waals surface area (Å²) in [5.74, 6) is -1.60. The van der Waals surface area contributed by atoms with E-state index in [-0.39, 0.29) is 18.5 Å². The number of aliphatic carboxylic acids is 1. The van der Waals surface area contributed by atoms with Crippen molar-refractivity contribution in [3.63, 3.8) is 0 Å². The molecule has 3 rings (SSSR count). The molecule has 0 radical (unpaired) electrons. The Kier molecular flexibility index (Phi) is 3.41. The van der Waals surface area contributed by atoms with E-state index in [2.05, 4.69) is 0 Å². The van der Waals surface area contributed by atoms with Crippen LogP contribution in [0.4, 0.5) is 0 Å². The minimum atomic E-state index is -0.884. The third-order valence-corrected chi connectivity index (χ3v) is 3.85. The molecule has 2 aromatic rings. The lowest BCUT2D eigenvalue weighted by molar-refractivity contribution is -0.141. The summed E-state index contributed by atoms with van der Waals surface area (Å²) in [7, 11) is 0. The molecule has 1 atom stereocenters. The van der Waals surface area contributed by atoms with E-state index in [4.69, 9.17) is 9.52 Å². The van der Waals surface area contributed by atoms with Crippen molar-refractivity contribution >= 4 is 22.8 Å². The molecule has 0 bridgehead atoms. The summed E-state index contributed by atoms with van der Waals surface area (Å²) in [4.78, 5) is 25.5. The van der Waals surface area contributed by atoms with Crippen molar-refractivity contribution in [3.8, 4) is 0 Å². The van der Waals surface area contributed by atoms with Crippen molar-refractivity contribution in [2.45, 2.75) is 25.8 Å². The summed E-state index contributed by atoms with van der Waals surface area (Å²) in [6, 6.07) is 7.53. The fraction of sp³-hybridized carbons (Fsp3) is 0.375. The van der Waals surface area contributed by atoms with Gasteiger partial charge >= 0.3 is 5.97 Å². The Morgan fingerprint density at radius 1 is 1.38 bits per heavy atom. The summed E-state index contributed by atoms with van der Waals surface area (Å²) in [6.45, 7) is 1.86. The summed E-state index contributed by atoms with van der Waals surface area (Å²) in [5.41, 5.74) is 1.18. The topological polar surface area (TPSA) is 70.8 Å². The van der Waals surface area contributed by atoms with Crippen LogP contribution >= 0.6 is 0 Å². The van der Waals surface area contributed by atoms with Gasteiger partial charge in [-0.15, -0.1) is 0 Å². The smallest absolute Gasteiger partial charge is 0.308 e. The quantitative estimate of drug-likeness (QED) is 0.918. The standard InChI is InChI=1S/C16H17NO4/c1-10(16(19)20)8-17(11-6-7-11)15(18)13-9-21-14-5-3-2-4-12(13)14/h2-5,9-11H,6-8H2,1H3,(H,19,20)/t10-/m0/s1. The average Bonchev–Trinajstić information content (AvgIpc) is 3.22. The number of fused-ring (bicyclic) bond motifs is 1. The Hall–Kier alpha value is -2.30. The predicted octanol–water partition coefficient (Wildman–Crippen LogP) is 2.76. The number of nitrogens with zero attached hydrogens (tertiary/aromatic N) is 1. The molecule has 1 heterocycles. The highest BCUT2D eigenvalue weighted by atomic mass is 16.4. The summed E-state index contributed by atoms with van der Waals surface area (Å²) >= 11 is 0. The molecular weight excluding hydrogens is 270 g/mol. The van der Waals surface area contributed by atoms with Gasteiger partial charge in [0.1, 0.15) is 11.8 Å².